The van der Waals surface area contributed by atoms with Gasteiger partial charge in [0.05, 0.1) is 6.10 Å². The molecule has 3 nitrogen and oxygen atoms in total. The van der Waals surface area contributed by atoms with E-state index >= 15 is 0 Å². The maximum Gasteiger partial charge on any atom is 0.127 e. The van der Waals surface area contributed by atoms with Crippen molar-refractivity contribution < 1.29 is 4.74 Å². The highest BCUT2D eigenvalue weighted by Crippen LogP contribution is 2.26. The second-order valence-corrected chi connectivity index (χ2v) is 5.52. The summed E-state index contributed by atoms with van der Waals surface area (Å²) < 4.78 is 6.16. The van der Waals surface area contributed by atoms with Gasteiger partial charge in [0.1, 0.15) is 5.75 Å². The first-order chi connectivity index (χ1) is 8.92. The van der Waals surface area contributed by atoms with E-state index in [4.69, 9.17) is 4.74 Å². The quantitative estimate of drug-likeness (QED) is 0.867. The molecule has 1 N–H and O–H groups in total. The zero-order valence-electron chi connectivity index (χ0n) is 10.9. The van der Waals surface area contributed by atoms with Crippen molar-refractivity contribution in [2.24, 2.45) is 0 Å². The number of hydrogen-bond acceptors (Lipinski definition) is 3. The van der Waals surface area contributed by atoms with Crippen molar-refractivity contribution >= 4 is 0 Å². The Morgan fingerprint density at radius 1 is 1.17 bits per heavy atom. The van der Waals surface area contributed by atoms with Gasteiger partial charge in [-0.3, -0.25) is 4.98 Å². The predicted molar refractivity (Wildman–Crippen MR) is 71.6 cm³/mol. The molecule has 0 saturated heterocycles. The zero-order valence-corrected chi connectivity index (χ0v) is 10.9. The summed E-state index contributed by atoms with van der Waals surface area (Å²) in [5.74, 6) is 1.03. The molecule has 0 amide bonds. The largest absolute Gasteiger partial charge is 0.490 e. The van der Waals surface area contributed by atoms with E-state index in [1.165, 1.54) is 50.5 Å². The van der Waals surface area contributed by atoms with E-state index in [1.807, 2.05) is 18.5 Å². The van der Waals surface area contributed by atoms with Gasteiger partial charge < -0.3 is 10.1 Å². The first-order valence-electron chi connectivity index (χ1n) is 7.25. The number of hydrogen-bond donors (Lipinski definition) is 1. The minimum absolute atomic E-state index is 0.417. The fraction of sp³-hybridized carbons (Fsp3) is 0.667. The molecule has 0 aromatic carbocycles. The summed E-state index contributed by atoms with van der Waals surface area (Å²) in [5, 5.41) is 3.53. The molecule has 1 aromatic heterocycles. The first kappa shape index (κ1) is 12.0. The van der Waals surface area contributed by atoms with Crippen LogP contribution in [0.3, 0.4) is 0 Å². The zero-order chi connectivity index (χ0) is 12.2. The maximum absolute atomic E-state index is 6.16. The van der Waals surface area contributed by atoms with Crippen LogP contribution < -0.4 is 10.1 Å². The lowest BCUT2D eigenvalue weighted by Gasteiger charge is -2.24. The minimum atomic E-state index is 0.417. The molecule has 2 aliphatic rings. The van der Waals surface area contributed by atoms with E-state index in [0.29, 0.717) is 6.10 Å². The second-order valence-electron chi connectivity index (χ2n) is 5.52. The van der Waals surface area contributed by atoms with Crippen LogP contribution in [0.15, 0.2) is 18.5 Å². The lowest BCUT2D eigenvalue weighted by Crippen LogP contribution is -2.22. The van der Waals surface area contributed by atoms with E-state index in [9.17, 15) is 0 Å². The van der Waals surface area contributed by atoms with Crippen LogP contribution in [-0.2, 0) is 6.54 Å². The number of aromatic nitrogens is 1. The monoisotopic (exact) mass is 246 g/mol. The van der Waals surface area contributed by atoms with Gasteiger partial charge in [-0.25, -0.2) is 0 Å². The van der Waals surface area contributed by atoms with E-state index in [1.54, 1.807) is 0 Å². The van der Waals surface area contributed by atoms with Crippen molar-refractivity contribution in [1.29, 1.82) is 0 Å². The Labute approximate surface area is 109 Å². The summed E-state index contributed by atoms with van der Waals surface area (Å²) in [6.07, 6.45) is 13.2. The van der Waals surface area contributed by atoms with Gasteiger partial charge in [-0.05, 0) is 44.6 Å². The molecular formula is C15H22N2O. The molecule has 18 heavy (non-hydrogen) atoms. The summed E-state index contributed by atoms with van der Waals surface area (Å²) in [7, 11) is 0. The van der Waals surface area contributed by atoms with Gasteiger partial charge in [0.2, 0.25) is 0 Å². The fourth-order valence-corrected chi connectivity index (χ4v) is 2.57. The fourth-order valence-electron chi connectivity index (χ4n) is 2.57. The predicted octanol–water partition coefficient (Wildman–Crippen LogP) is 3.05. The van der Waals surface area contributed by atoms with Crippen molar-refractivity contribution in [3.63, 3.8) is 0 Å². The lowest BCUT2D eigenvalue weighted by atomic mass is 9.98. The van der Waals surface area contributed by atoms with Crippen LogP contribution in [0.5, 0.6) is 5.75 Å². The van der Waals surface area contributed by atoms with Crippen LogP contribution in [0, 0.1) is 0 Å². The maximum atomic E-state index is 6.16. The van der Waals surface area contributed by atoms with Crippen molar-refractivity contribution in [3.05, 3.63) is 24.0 Å². The number of nitrogens with zero attached hydrogens (tertiary/aromatic N) is 1. The molecule has 2 aliphatic carbocycles. The third-order valence-electron chi connectivity index (χ3n) is 3.86. The Bertz CT molecular complexity index is 384. The van der Waals surface area contributed by atoms with Gasteiger partial charge in [-0.2, -0.15) is 0 Å². The Hall–Kier alpha value is -1.09. The van der Waals surface area contributed by atoms with Gasteiger partial charge >= 0.3 is 0 Å². The smallest absolute Gasteiger partial charge is 0.127 e. The number of ether oxygens (including phenoxy) is 1. The molecule has 1 aromatic rings. The molecule has 0 spiro atoms. The topological polar surface area (TPSA) is 34.1 Å². The van der Waals surface area contributed by atoms with E-state index in [-0.39, 0.29) is 0 Å². The second kappa shape index (κ2) is 5.70. The summed E-state index contributed by atoms with van der Waals surface area (Å²) in [6.45, 7) is 0.889. The van der Waals surface area contributed by atoms with Gasteiger partial charge in [-0.1, -0.05) is 6.42 Å². The SMILES string of the molecule is c1cc(OC2CCCCC2)c(CNC2CC2)cn1. The molecule has 3 rings (SSSR count). The van der Waals surface area contributed by atoms with Crippen LogP contribution in [0.1, 0.15) is 50.5 Å². The van der Waals surface area contributed by atoms with Crippen molar-refractivity contribution in [3.8, 4) is 5.75 Å². The Morgan fingerprint density at radius 3 is 2.78 bits per heavy atom. The molecule has 1 heterocycles. The third-order valence-corrected chi connectivity index (χ3v) is 3.86. The molecule has 3 heteroatoms. The molecule has 0 atom stereocenters. The highest BCUT2D eigenvalue weighted by atomic mass is 16.5. The highest BCUT2D eigenvalue weighted by molar-refractivity contribution is 5.30. The van der Waals surface area contributed by atoms with Gasteiger partial charge in [-0.15, -0.1) is 0 Å². The molecule has 0 radical (unpaired) electrons. The van der Waals surface area contributed by atoms with Crippen LogP contribution in [0.4, 0.5) is 0 Å². The minimum Gasteiger partial charge on any atom is -0.490 e. The van der Waals surface area contributed by atoms with Gasteiger partial charge in [0.25, 0.3) is 0 Å². The van der Waals surface area contributed by atoms with Gasteiger partial charge in [0.15, 0.2) is 0 Å². The van der Waals surface area contributed by atoms with Crippen LogP contribution >= 0.6 is 0 Å². The average Bonchev–Trinajstić information content (AvgIpc) is 3.23. The van der Waals surface area contributed by atoms with Crippen molar-refractivity contribution in [1.82, 2.24) is 10.3 Å². The summed E-state index contributed by atoms with van der Waals surface area (Å²) >= 11 is 0. The van der Waals surface area contributed by atoms with E-state index in [0.717, 1.165) is 18.3 Å². The lowest BCUT2D eigenvalue weighted by molar-refractivity contribution is 0.153. The molecule has 0 aliphatic heterocycles. The highest BCUT2D eigenvalue weighted by Gasteiger charge is 2.21. The van der Waals surface area contributed by atoms with E-state index < -0.39 is 0 Å². The number of pyridine rings is 1. The van der Waals surface area contributed by atoms with Gasteiger partial charge in [0, 0.05) is 30.5 Å². The summed E-state index contributed by atoms with van der Waals surface area (Å²) in [4.78, 5) is 4.22. The number of nitrogens with one attached hydrogen (secondary N) is 1. The van der Waals surface area contributed by atoms with Crippen LogP contribution in [-0.4, -0.2) is 17.1 Å². The normalized spacial score (nSPS) is 20.9. The third kappa shape index (κ3) is 3.22. The van der Waals surface area contributed by atoms with Crippen molar-refractivity contribution in [2.45, 2.75) is 63.6 Å². The molecule has 0 bridgehead atoms. The Kier molecular flexibility index (Phi) is 3.79. The molecular weight excluding hydrogens is 224 g/mol. The summed E-state index contributed by atoms with van der Waals surface area (Å²) in [6, 6.07) is 2.74. The Morgan fingerprint density at radius 2 is 2.00 bits per heavy atom. The van der Waals surface area contributed by atoms with Crippen LogP contribution in [0.25, 0.3) is 0 Å². The number of rotatable bonds is 5. The first-order valence-corrected chi connectivity index (χ1v) is 7.25. The van der Waals surface area contributed by atoms with E-state index in [2.05, 4.69) is 10.3 Å². The summed E-state index contributed by atoms with van der Waals surface area (Å²) in [5.41, 5.74) is 1.20. The van der Waals surface area contributed by atoms with Crippen LogP contribution in [0.2, 0.25) is 0 Å². The molecule has 0 unspecified atom stereocenters. The average molecular weight is 246 g/mol. The molecule has 2 saturated carbocycles. The molecule has 98 valence electrons. The standard InChI is InChI=1S/C15H22N2O/c1-2-4-14(5-3-1)18-15-8-9-16-10-12(15)11-17-13-6-7-13/h8-10,13-14,17H,1-7,11H2. The molecule has 2 fully saturated rings. The Balaban J connectivity index is 1.61. The van der Waals surface area contributed by atoms with Crippen molar-refractivity contribution in [2.75, 3.05) is 0 Å².